The smallest absolute Gasteiger partial charge is 0.263 e. The summed E-state index contributed by atoms with van der Waals surface area (Å²) in [4.78, 5) is 4.22. The molecule has 0 aliphatic carbocycles. The van der Waals surface area contributed by atoms with Crippen LogP contribution in [0.3, 0.4) is 0 Å². The van der Waals surface area contributed by atoms with Crippen LogP contribution in [-0.2, 0) is 10.0 Å². The van der Waals surface area contributed by atoms with Crippen LogP contribution in [0.2, 0.25) is 0 Å². The Balaban J connectivity index is 2.43. The average molecular weight is 291 g/mol. The lowest BCUT2D eigenvalue weighted by Gasteiger charge is -2.12. The number of anilines is 2. The van der Waals surface area contributed by atoms with E-state index in [2.05, 4.69) is 9.71 Å². The number of hydrogen-bond acceptors (Lipinski definition) is 4. The summed E-state index contributed by atoms with van der Waals surface area (Å²) < 4.78 is 27.3. The van der Waals surface area contributed by atoms with E-state index < -0.39 is 10.0 Å². The van der Waals surface area contributed by atoms with Crippen molar-refractivity contribution in [3.63, 3.8) is 0 Å². The van der Waals surface area contributed by atoms with Crippen molar-refractivity contribution in [1.82, 2.24) is 4.98 Å². The fourth-order valence-corrected chi connectivity index (χ4v) is 3.22. The molecule has 1 aromatic carbocycles. The number of nitrogen functional groups attached to an aromatic ring is 1. The fourth-order valence-electron chi connectivity index (χ4n) is 1.85. The van der Waals surface area contributed by atoms with Crippen molar-refractivity contribution in [1.29, 1.82) is 0 Å². The lowest BCUT2D eigenvalue weighted by molar-refractivity contribution is 0.600. The molecule has 6 heteroatoms. The number of aromatic nitrogens is 1. The van der Waals surface area contributed by atoms with Gasteiger partial charge < -0.3 is 5.73 Å². The van der Waals surface area contributed by atoms with E-state index in [1.54, 1.807) is 31.3 Å². The maximum absolute atomic E-state index is 12.4. The molecule has 0 amide bonds. The summed E-state index contributed by atoms with van der Waals surface area (Å²) in [5.41, 5.74) is 8.63. The molecule has 0 unspecified atom stereocenters. The van der Waals surface area contributed by atoms with E-state index in [1.165, 1.54) is 6.07 Å². The Hall–Kier alpha value is -2.08. The number of sulfonamides is 1. The second-order valence-electron chi connectivity index (χ2n) is 4.79. The third-order valence-corrected chi connectivity index (χ3v) is 4.56. The summed E-state index contributed by atoms with van der Waals surface area (Å²) in [7, 11) is -3.69. The molecule has 0 saturated heterocycles. The van der Waals surface area contributed by atoms with Crippen LogP contribution < -0.4 is 10.5 Å². The molecule has 106 valence electrons. The van der Waals surface area contributed by atoms with E-state index in [0.29, 0.717) is 11.3 Å². The van der Waals surface area contributed by atoms with Gasteiger partial charge in [-0.3, -0.25) is 4.72 Å². The predicted octanol–water partition coefficient (Wildman–Crippen LogP) is 2.39. The largest absolute Gasteiger partial charge is 0.399 e. The van der Waals surface area contributed by atoms with Crippen molar-refractivity contribution in [3.05, 3.63) is 47.2 Å². The molecule has 0 spiro atoms. The molecular weight excluding hydrogens is 274 g/mol. The minimum absolute atomic E-state index is 0.178. The number of benzene rings is 1. The Morgan fingerprint density at radius 3 is 2.45 bits per heavy atom. The minimum Gasteiger partial charge on any atom is -0.399 e. The highest BCUT2D eigenvalue weighted by atomic mass is 32.2. The first-order valence-electron chi connectivity index (χ1n) is 6.12. The van der Waals surface area contributed by atoms with Crippen LogP contribution in [0.5, 0.6) is 0 Å². The van der Waals surface area contributed by atoms with E-state index in [4.69, 9.17) is 5.73 Å². The van der Waals surface area contributed by atoms with Gasteiger partial charge in [-0.1, -0.05) is 6.07 Å². The van der Waals surface area contributed by atoms with Crippen LogP contribution in [0.1, 0.15) is 16.7 Å². The van der Waals surface area contributed by atoms with Crippen LogP contribution in [0.4, 0.5) is 11.5 Å². The third kappa shape index (κ3) is 2.91. The Labute approximate surface area is 118 Å². The molecule has 20 heavy (non-hydrogen) atoms. The Morgan fingerprint density at radius 2 is 1.85 bits per heavy atom. The minimum atomic E-state index is -3.69. The molecule has 0 radical (unpaired) electrons. The van der Waals surface area contributed by atoms with Crippen LogP contribution in [0.25, 0.3) is 0 Å². The van der Waals surface area contributed by atoms with Crippen molar-refractivity contribution in [3.8, 4) is 0 Å². The topological polar surface area (TPSA) is 85.1 Å². The van der Waals surface area contributed by atoms with Crippen molar-refractivity contribution >= 4 is 21.5 Å². The summed E-state index contributed by atoms with van der Waals surface area (Å²) in [5, 5.41) is 0. The molecule has 0 atom stereocenters. The quantitative estimate of drug-likeness (QED) is 0.850. The average Bonchev–Trinajstić information content (AvgIpc) is 2.36. The summed E-state index contributed by atoms with van der Waals surface area (Å²) in [6, 6.07) is 6.63. The Kier molecular flexibility index (Phi) is 3.67. The van der Waals surface area contributed by atoms with E-state index in [1.807, 2.05) is 13.8 Å². The maximum Gasteiger partial charge on any atom is 0.263 e. The van der Waals surface area contributed by atoms with E-state index in [9.17, 15) is 8.42 Å². The summed E-state index contributed by atoms with van der Waals surface area (Å²) in [6.45, 7) is 5.47. The highest BCUT2D eigenvalue weighted by molar-refractivity contribution is 7.92. The molecule has 2 aromatic rings. The van der Waals surface area contributed by atoms with Gasteiger partial charge in [0.2, 0.25) is 0 Å². The number of pyridine rings is 1. The van der Waals surface area contributed by atoms with Crippen molar-refractivity contribution in [2.24, 2.45) is 0 Å². The predicted molar refractivity (Wildman–Crippen MR) is 80.1 cm³/mol. The van der Waals surface area contributed by atoms with Gasteiger partial charge in [0, 0.05) is 11.9 Å². The molecular formula is C14H17N3O2S. The standard InChI is InChI=1S/C14H17N3O2S/c1-9-4-5-14(16-8-9)17-20(18,19)13-7-12(15)6-10(2)11(13)3/h4-8H,15H2,1-3H3,(H,16,17). The molecule has 3 N–H and O–H groups in total. The zero-order valence-corrected chi connectivity index (χ0v) is 12.5. The summed E-state index contributed by atoms with van der Waals surface area (Å²) >= 11 is 0. The van der Waals surface area contributed by atoms with Gasteiger partial charge in [-0.15, -0.1) is 0 Å². The van der Waals surface area contributed by atoms with E-state index >= 15 is 0 Å². The van der Waals surface area contributed by atoms with E-state index in [-0.39, 0.29) is 10.7 Å². The number of aryl methyl sites for hydroxylation is 2. The molecule has 1 heterocycles. The van der Waals surface area contributed by atoms with Gasteiger partial charge in [-0.25, -0.2) is 13.4 Å². The number of nitrogens with zero attached hydrogens (tertiary/aromatic N) is 1. The van der Waals surface area contributed by atoms with Gasteiger partial charge in [0.05, 0.1) is 4.90 Å². The number of nitrogens with two attached hydrogens (primary N) is 1. The zero-order chi connectivity index (χ0) is 14.9. The fraction of sp³-hybridized carbons (Fsp3) is 0.214. The van der Waals surface area contributed by atoms with Gasteiger partial charge in [-0.05, 0) is 55.7 Å². The Bertz CT molecular complexity index is 738. The van der Waals surface area contributed by atoms with Crippen molar-refractivity contribution < 1.29 is 8.42 Å². The lowest BCUT2D eigenvalue weighted by atomic mass is 10.1. The third-order valence-electron chi connectivity index (χ3n) is 3.08. The van der Waals surface area contributed by atoms with Crippen LogP contribution in [0, 0.1) is 20.8 Å². The number of nitrogens with one attached hydrogen (secondary N) is 1. The van der Waals surface area contributed by atoms with Crippen molar-refractivity contribution in [2.75, 3.05) is 10.5 Å². The maximum atomic E-state index is 12.4. The second kappa shape index (κ2) is 5.13. The van der Waals surface area contributed by atoms with Crippen LogP contribution in [0.15, 0.2) is 35.4 Å². The molecule has 0 fully saturated rings. The first kappa shape index (κ1) is 14.3. The molecule has 0 bridgehead atoms. The highest BCUT2D eigenvalue weighted by Gasteiger charge is 2.19. The number of rotatable bonds is 3. The van der Waals surface area contributed by atoms with Gasteiger partial charge >= 0.3 is 0 Å². The van der Waals surface area contributed by atoms with E-state index in [0.717, 1.165) is 11.1 Å². The highest BCUT2D eigenvalue weighted by Crippen LogP contribution is 2.24. The molecule has 0 aliphatic rings. The molecule has 0 saturated carbocycles. The van der Waals surface area contributed by atoms with Crippen LogP contribution >= 0.6 is 0 Å². The second-order valence-corrected chi connectivity index (χ2v) is 6.44. The monoisotopic (exact) mass is 291 g/mol. The first-order valence-corrected chi connectivity index (χ1v) is 7.60. The Morgan fingerprint density at radius 1 is 1.15 bits per heavy atom. The van der Waals surface area contributed by atoms with Crippen LogP contribution in [-0.4, -0.2) is 13.4 Å². The normalized spacial score (nSPS) is 11.3. The SMILES string of the molecule is Cc1ccc(NS(=O)(=O)c2cc(N)cc(C)c2C)nc1. The lowest BCUT2D eigenvalue weighted by Crippen LogP contribution is -2.16. The first-order chi connectivity index (χ1) is 9.29. The summed E-state index contributed by atoms with van der Waals surface area (Å²) in [6.07, 6.45) is 1.61. The molecule has 2 rings (SSSR count). The van der Waals surface area contributed by atoms with Gasteiger partial charge in [-0.2, -0.15) is 0 Å². The van der Waals surface area contributed by atoms with Gasteiger partial charge in [0.15, 0.2) is 0 Å². The molecule has 5 nitrogen and oxygen atoms in total. The zero-order valence-electron chi connectivity index (χ0n) is 11.6. The van der Waals surface area contributed by atoms with Gasteiger partial charge in [0.25, 0.3) is 10.0 Å². The molecule has 1 aromatic heterocycles. The summed E-state index contributed by atoms with van der Waals surface area (Å²) in [5.74, 6) is 0.287. The molecule has 0 aliphatic heterocycles. The van der Waals surface area contributed by atoms with Crippen molar-refractivity contribution in [2.45, 2.75) is 25.7 Å². The number of hydrogen-bond donors (Lipinski definition) is 2. The van der Waals surface area contributed by atoms with Gasteiger partial charge in [0.1, 0.15) is 5.82 Å².